The topological polar surface area (TPSA) is 77.0 Å². The Labute approximate surface area is 184 Å². The Bertz CT molecular complexity index is 1190. The molecule has 0 aliphatic carbocycles. The van der Waals surface area contributed by atoms with Crippen LogP contribution in [0.5, 0.6) is 5.75 Å². The number of piperidine rings is 1. The first-order chi connectivity index (χ1) is 15.2. The molecular weight excluding hydrogens is 408 g/mol. The van der Waals surface area contributed by atoms with Crippen LogP contribution in [0.15, 0.2) is 60.5 Å². The Morgan fingerprint density at radius 3 is 2.68 bits per heavy atom. The molecule has 1 aliphatic rings. The molecule has 0 atom stereocenters. The predicted octanol–water partition coefficient (Wildman–Crippen LogP) is 4.31. The van der Waals surface area contributed by atoms with Crippen molar-refractivity contribution in [3.63, 3.8) is 0 Å². The maximum Gasteiger partial charge on any atom is 0.168 e. The van der Waals surface area contributed by atoms with Crippen molar-refractivity contribution in [2.24, 2.45) is 0 Å². The van der Waals surface area contributed by atoms with Gasteiger partial charge < -0.3 is 10.1 Å². The van der Waals surface area contributed by atoms with E-state index in [1.165, 1.54) is 0 Å². The van der Waals surface area contributed by atoms with Gasteiger partial charge in [0.1, 0.15) is 11.9 Å². The Morgan fingerprint density at radius 2 is 1.90 bits per heavy atom. The van der Waals surface area contributed by atoms with Gasteiger partial charge in [0.05, 0.1) is 28.5 Å². The molecule has 3 aromatic heterocycles. The van der Waals surface area contributed by atoms with Crippen molar-refractivity contribution in [1.82, 2.24) is 20.3 Å². The van der Waals surface area contributed by atoms with Gasteiger partial charge in [-0.3, -0.25) is 19.7 Å². The number of carbonyl (C=O) groups is 1. The van der Waals surface area contributed by atoms with E-state index in [9.17, 15) is 4.79 Å². The number of ketones is 1. The zero-order chi connectivity index (χ0) is 21.0. The molecule has 4 aromatic rings. The molecule has 0 saturated carbocycles. The summed E-state index contributed by atoms with van der Waals surface area (Å²) < 4.78 is 6.02. The van der Waals surface area contributed by atoms with Crippen LogP contribution in [0.4, 0.5) is 0 Å². The van der Waals surface area contributed by atoms with Crippen molar-refractivity contribution in [2.45, 2.75) is 25.4 Å². The van der Waals surface area contributed by atoms with Gasteiger partial charge >= 0.3 is 0 Å². The zero-order valence-corrected chi connectivity index (χ0v) is 17.8. The first-order valence-corrected chi connectivity index (χ1v) is 11.3. The number of ether oxygens (including phenoxy) is 1. The van der Waals surface area contributed by atoms with Crippen LogP contribution in [0.3, 0.4) is 0 Å². The van der Waals surface area contributed by atoms with Crippen LogP contribution in [0.25, 0.3) is 21.3 Å². The van der Waals surface area contributed by atoms with Gasteiger partial charge in [-0.2, -0.15) is 0 Å². The van der Waals surface area contributed by atoms with E-state index in [0.29, 0.717) is 5.56 Å². The van der Waals surface area contributed by atoms with Crippen LogP contribution < -0.4 is 10.1 Å². The second-order valence-corrected chi connectivity index (χ2v) is 8.54. The van der Waals surface area contributed by atoms with Crippen molar-refractivity contribution in [2.75, 3.05) is 13.1 Å². The smallest absolute Gasteiger partial charge is 0.168 e. The Kier molecular flexibility index (Phi) is 5.69. The van der Waals surface area contributed by atoms with E-state index >= 15 is 0 Å². The van der Waals surface area contributed by atoms with Crippen LogP contribution in [-0.2, 0) is 6.42 Å². The fourth-order valence-corrected chi connectivity index (χ4v) is 4.36. The second-order valence-electron chi connectivity index (χ2n) is 7.65. The van der Waals surface area contributed by atoms with Gasteiger partial charge in [0, 0.05) is 34.6 Å². The first-order valence-electron chi connectivity index (χ1n) is 10.4. The zero-order valence-electron chi connectivity index (χ0n) is 17.0. The third-order valence-electron chi connectivity index (χ3n) is 5.45. The van der Waals surface area contributed by atoms with Crippen LogP contribution >= 0.6 is 11.3 Å². The number of carbonyl (C=O) groups excluding carboxylic acids is 1. The predicted molar refractivity (Wildman–Crippen MR) is 122 cm³/mol. The van der Waals surface area contributed by atoms with Crippen LogP contribution in [-0.4, -0.2) is 39.9 Å². The van der Waals surface area contributed by atoms with E-state index in [0.717, 1.165) is 58.7 Å². The van der Waals surface area contributed by atoms with E-state index in [1.54, 1.807) is 23.0 Å². The van der Waals surface area contributed by atoms with Gasteiger partial charge in [0.2, 0.25) is 0 Å². The molecule has 1 aliphatic heterocycles. The molecule has 31 heavy (non-hydrogen) atoms. The molecule has 0 amide bonds. The molecule has 7 heteroatoms. The summed E-state index contributed by atoms with van der Waals surface area (Å²) in [7, 11) is 0. The first kappa shape index (κ1) is 19.8. The summed E-state index contributed by atoms with van der Waals surface area (Å²) in [5, 5.41) is 4.30. The standard InChI is InChI=1S/C24H22N4O2S/c29-23(16-1-3-20(4-2-16)30-21-5-7-25-8-6-21)11-19-10-17-9-18(24-14-26-15-31-24)12-28-22(17)13-27-19/h1-4,9-10,12-15,21,25H,5-8,11H2. The van der Waals surface area contributed by atoms with E-state index in [4.69, 9.17) is 4.74 Å². The monoisotopic (exact) mass is 430 g/mol. The lowest BCUT2D eigenvalue weighted by Gasteiger charge is -2.23. The number of hydrogen-bond donors (Lipinski definition) is 1. The molecule has 156 valence electrons. The molecular formula is C24H22N4O2S. The number of nitrogens with zero attached hydrogens (tertiary/aromatic N) is 3. The maximum absolute atomic E-state index is 12.8. The Morgan fingerprint density at radius 1 is 1.06 bits per heavy atom. The van der Waals surface area contributed by atoms with Gasteiger partial charge in [-0.05, 0) is 62.3 Å². The van der Waals surface area contributed by atoms with Crippen molar-refractivity contribution in [1.29, 1.82) is 0 Å². The normalized spacial score (nSPS) is 14.6. The Hall–Kier alpha value is -3.16. The molecule has 0 bridgehead atoms. The number of hydrogen-bond acceptors (Lipinski definition) is 7. The highest BCUT2D eigenvalue weighted by atomic mass is 32.1. The molecule has 0 radical (unpaired) electrons. The lowest BCUT2D eigenvalue weighted by atomic mass is 10.0. The van der Waals surface area contributed by atoms with Gasteiger partial charge in [0.25, 0.3) is 0 Å². The second kappa shape index (κ2) is 8.91. The Balaban J connectivity index is 1.29. The molecule has 1 saturated heterocycles. The number of benzene rings is 1. The number of Topliss-reactive ketones (excluding diaryl/α,β-unsaturated/α-hetero) is 1. The summed E-state index contributed by atoms with van der Waals surface area (Å²) in [4.78, 5) is 26.9. The van der Waals surface area contributed by atoms with Gasteiger partial charge in [-0.1, -0.05) is 0 Å². The highest BCUT2D eigenvalue weighted by molar-refractivity contribution is 7.13. The lowest BCUT2D eigenvalue weighted by molar-refractivity contribution is 0.0992. The molecule has 1 N–H and O–H groups in total. The highest BCUT2D eigenvalue weighted by Gasteiger charge is 2.15. The van der Waals surface area contributed by atoms with Gasteiger partial charge in [-0.15, -0.1) is 11.3 Å². The summed E-state index contributed by atoms with van der Waals surface area (Å²) in [5.41, 5.74) is 5.03. The minimum absolute atomic E-state index is 0.0341. The summed E-state index contributed by atoms with van der Waals surface area (Å²) in [6, 6.07) is 11.5. The number of fused-ring (bicyclic) bond motifs is 1. The summed E-state index contributed by atoms with van der Waals surface area (Å²) in [5.74, 6) is 0.848. The van der Waals surface area contributed by atoms with Crippen LogP contribution in [0.1, 0.15) is 28.9 Å². The number of nitrogens with one attached hydrogen (secondary N) is 1. The van der Waals surface area contributed by atoms with Crippen molar-refractivity contribution >= 4 is 28.0 Å². The molecule has 1 aromatic carbocycles. The number of pyridine rings is 2. The lowest BCUT2D eigenvalue weighted by Crippen LogP contribution is -2.34. The fraction of sp³-hybridized carbons (Fsp3) is 0.250. The van der Waals surface area contributed by atoms with Gasteiger partial charge in [-0.25, -0.2) is 0 Å². The summed E-state index contributed by atoms with van der Waals surface area (Å²) in [6.07, 6.45) is 7.89. The molecule has 0 spiro atoms. The molecule has 4 heterocycles. The largest absolute Gasteiger partial charge is 0.490 e. The number of rotatable bonds is 6. The van der Waals surface area contributed by atoms with Crippen molar-refractivity contribution in [3.05, 3.63) is 71.8 Å². The minimum atomic E-state index is 0.0341. The number of aromatic nitrogens is 3. The fourth-order valence-electron chi connectivity index (χ4n) is 3.76. The SMILES string of the molecule is O=C(Cc1cc2cc(-c3cncs3)cnc2cn1)c1ccc(OC2CCNCC2)cc1. The highest BCUT2D eigenvalue weighted by Crippen LogP contribution is 2.26. The molecule has 0 unspecified atom stereocenters. The molecule has 6 nitrogen and oxygen atoms in total. The summed E-state index contributed by atoms with van der Waals surface area (Å²) >= 11 is 1.57. The van der Waals surface area contributed by atoms with Crippen LogP contribution in [0.2, 0.25) is 0 Å². The van der Waals surface area contributed by atoms with E-state index in [-0.39, 0.29) is 18.3 Å². The van der Waals surface area contributed by atoms with E-state index in [1.807, 2.05) is 42.7 Å². The summed E-state index contributed by atoms with van der Waals surface area (Å²) in [6.45, 7) is 1.97. The average molecular weight is 431 g/mol. The third-order valence-corrected chi connectivity index (χ3v) is 6.27. The van der Waals surface area contributed by atoms with Gasteiger partial charge in [0.15, 0.2) is 5.78 Å². The van der Waals surface area contributed by atoms with Crippen molar-refractivity contribution in [3.8, 4) is 16.2 Å². The van der Waals surface area contributed by atoms with E-state index < -0.39 is 0 Å². The van der Waals surface area contributed by atoms with Crippen molar-refractivity contribution < 1.29 is 9.53 Å². The average Bonchev–Trinajstić information content (AvgIpc) is 3.35. The maximum atomic E-state index is 12.8. The molecule has 5 rings (SSSR count). The van der Waals surface area contributed by atoms with E-state index in [2.05, 4.69) is 26.3 Å². The molecule has 1 fully saturated rings. The third kappa shape index (κ3) is 4.62. The van der Waals surface area contributed by atoms with Crippen LogP contribution in [0, 0.1) is 0 Å². The number of thiazole rings is 1. The minimum Gasteiger partial charge on any atom is -0.490 e. The quantitative estimate of drug-likeness (QED) is 0.460.